The van der Waals surface area contributed by atoms with Crippen molar-refractivity contribution in [3.63, 3.8) is 0 Å². The molecule has 1 fully saturated rings. The van der Waals surface area contributed by atoms with Crippen LogP contribution in [0.4, 0.5) is 5.82 Å². The molecule has 0 aliphatic carbocycles. The Kier molecular flexibility index (Phi) is 4.35. The Morgan fingerprint density at radius 2 is 2.05 bits per heavy atom. The highest BCUT2D eigenvalue weighted by Crippen LogP contribution is 2.19. The zero-order valence-corrected chi connectivity index (χ0v) is 12.2. The van der Waals surface area contributed by atoms with Crippen LogP contribution in [-0.4, -0.2) is 47.7 Å². The van der Waals surface area contributed by atoms with Gasteiger partial charge in [-0.05, 0) is 13.0 Å². The molecule has 21 heavy (non-hydrogen) atoms. The van der Waals surface area contributed by atoms with E-state index in [4.69, 9.17) is 9.15 Å². The van der Waals surface area contributed by atoms with Crippen LogP contribution in [-0.2, 0) is 6.54 Å². The van der Waals surface area contributed by atoms with Crippen molar-refractivity contribution in [1.82, 2.24) is 14.9 Å². The summed E-state index contributed by atoms with van der Waals surface area (Å²) >= 11 is 0. The van der Waals surface area contributed by atoms with Gasteiger partial charge >= 0.3 is 0 Å². The van der Waals surface area contributed by atoms with E-state index in [-0.39, 0.29) is 0 Å². The maximum Gasteiger partial charge on any atom is 0.284 e. The number of furan rings is 1. The van der Waals surface area contributed by atoms with E-state index in [1.54, 1.807) is 12.4 Å². The molecule has 1 aliphatic heterocycles. The smallest absolute Gasteiger partial charge is 0.284 e. The molecule has 3 heterocycles. The zero-order valence-electron chi connectivity index (χ0n) is 12.2. The minimum absolute atomic E-state index is 0.602. The summed E-state index contributed by atoms with van der Waals surface area (Å²) in [4.78, 5) is 13.1. The molecule has 3 rings (SSSR count). The number of hydrogen-bond donors (Lipinski definition) is 0. The Morgan fingerprint density at radius 1 is 1.19 bits per heavy atom. The number of rotatable bonds is 5. The third-order valence-corrected chi connectivity index (χ3v) is 3.55. The second kappa shape index (κ2) is 6.58. The second-order valence-electron chi connectivity index (χ2n) is 4.98. The molecule has 0 radical (unpaired) electrons. The minimum atomic E-state index is 0.602. The number of nitrogens with zero attached hydrogens (tertiary/aromatic N) is 4. The van der Waals surface area contributed by atoms with Gasteiger partial charge in [-0.15, -0.1) is 0 Å². The fraction of sp³-hybridized carbons (Fsp3) is 0.467. The molecular weight excluding hydrogens is 268 g/mol. The molecule has 0 unspecified atom stereocenters. The van der Waals surface area contributed by atoms with E-state index in [0.29, 0.717) is 12.6 Å². The quantitative estimate of drug-likeness (QED) is 0.836. The van der Waals surface area contributed by atoms with E-state index in [9.17, 15) is 0 Å². The van der Waals surface area contributed by atoms with E-state index in [2.05, 4.69) is 19.8 Å². The maximum atomic E-state index is 5.64. The standard InChI is InChI=1S/C15H20N4O2/c1-2-20-15-4-3-13(21-15)12-18-7-9-19(10-8-18)14-11-16-5-6-17-14/h3-6,11H,2,7-10,12H2,1H3. The van der Waals surface area contributed by atoms with Gasteiger partial charge in [-0.25, -0.2) is 4.98 Å². The van der Waals surface area contributed by atoms with Crippen molar-refractivity contribution < 1.29 is 9.15 Å². The molecule has 0 aromatic carbocycles. The molecule has 1 saturated heterocycles. The van der Waals surface area contributed by atoms with Gasteiger partial charge in [0.1, 0.15) is 11.6 Å². The average molecular weight is 288 g/mol. The van der Waals surface area contributed by atoms with Crippen molar-refractivity contribution in [2.45, 2.75) is 13.5 Å². The lowest BCUT2D eigenvalue weighted by molar-refractivity contribution is 0.207. The van der Waals surface area contributed by atoms with Crippen LogP contribution in [0, 0.1) is 0 Å². The summed E-state index contributed by atoms with van der Waals surface area (Å²) in [6, 6.07) is 3.87. The first-order valence-electron chi connectivity index (χ1n) is 7.30. The number of aromatic nitrogens is 2. The highest BCUT2D eigenvalue weighted by molar-refractivity contribution is 5.35. The number of anilines is 1. The molecule has 6 heteroatoms. The predicted octanol–water partition coefficient (Wildman–Crippen LogP) is 1.79. The lowest BCUT2D eigenvalue weighted by Crippen LogP contribution is -2.46. The molecule has 0 saturated carbocycles. The minimum Gasteiger partial charge on any atom is -0.465 e. The van der Waals surface area contributed by atoms with Crippen LogP contribution < -0.4 is 9.64 Å². The van der Waals surface area contributed by atoms with Crippen molar-refractivity contribution in [2.75, 3.05) is 37.7 Å². The monoisotopic (exact) mass is 288 g/mol. The van der Waals surface area contributed by atoms with Crippen LogP contribution >= 0.6 is 0 Å². The first kappa shape index (κ1) is 13.9. The summed E-state index contributed by atoms with van der Waals surface area (Å²) in [6.45, 7) is 7.29. The largest absolute Gasteiger partial charge is 0.465 e. The second-order valence-corrected chi connectivity index (χ2v) is 4.98. The van der Waals surface area contributed by atoms with Gasteiger partial charge < -0.3 is 14.1 Å². The molecule has 6 nitrogen and oxygen atoms in total. The van der Waals surface area contributed by atoms with E-state index < -0.39 is 0 Å². The van der Waals surface area contributed by atoms with Gasteiger partial charge in [0.05, 0.1) is 19.3 Å². The molecule has 2 aromatic rings. The van der Waals surface area contributed by atoms with Gasteiger partial charge in [0.15, 0.2) is 0 Å². The van der Waals surface area contributed by atoms with E-state index in [1.165, 1.54) is 0 Å². The Morgan fingerprint density at radius 3 is 2.76 bits per heavy atom. The fourth-order valence-electron chi connectivity index (χ4n) is 2.47. The van der Waals surface area contributed by atoms with Crippen LogP contribution in [0.15, 0.2) is 35.1 Å². The van der Waals surface area contributed by atoms with E-state index in [0.717, 1.165) is 44.3 Å². The summed E-state index contributed by atoms with van der Waals surface area (Å²) in [5, 5.41) is 0. The van der Waals surface area contributed by atoms with Gasteiger partial charge in [0.2, 0.25) is 0 Å². The first-order chi connectivity index (χ1) is 10.3. The van der Waals surface area contributed by atoms with Crippen LogP contribution in [0.1, 0.15) is 12.7 Å². The number of piperazine rings is 1. The highest BCUT2D eigenvalue weighted by atomic mass is 16.6. The van der Waals surface area contributed by atoms with Crippen molar-refractivity contribution in [2.24, 2.45) is 0 Å². The fourth-order valence-corrected chi connectivity index (χ4v) is 2.47. The van der Waals surface area contributed by atoms with Crippen molar-refractivity contribution >= 4 is 5.82 Å². The molecule has 0 spiro atoms. The van der Waals surface area contributed by atoms with Crippen molar-refractivity contribution in [1.29, 1.82) is 0 Å². The van der Waals surface area contributed by atoms with Crippen LogP contribution in [0.3, 0.4) is 0 Å². The summed E-state index contributed by atoms with van der Waals surface area (Å²) in [7, 11) is 0. The van der Waals surface area contributed by atoms with Gasteiger partial charge in [-0.3, -0.25) is 9.88 Å². The number of hydrogen-bond acceptors (Lipinski definition) is 6. The van der Waals surface area contributed by atoms with E-state index in [1.807, 2.05) is 25.3 Å². The summed E-state index contributed by atoms with van der Waals surface area (Å²) in [6.07, 6.45) is 5.25. The van der Waals surface area contributed by atoms with Crippen molar-refractivity contribution in [3.05, 3.63) is 36.5 Å². The Labute approximate surface area is 124 Å². The lowest BCUT2D eigenvalue weighted by Gasteiger charge is -2.34. The van der Waals surface area contributed by atoms with Gasteiger partial charge in [0.25, 0.3) is 5.95 Å². The Hall–Kier alpha value is -2.08. The van der Waals surface area contributed by atoms with Crippen LogP contribution in [0.2, 0.25) is 0 Å². The third-order valence-electron chi connectivity index (χ3n) is 3.55. The molecule has 2 aromatic heterocycles. The van der Waals surface area contributed by atoms with Crippen molar-refractivity contribution in [3.8, 4) is 5.95 Å². The third kappa shape index (κ3) is 3.52. The molecule has 0 amide bonds. The SMILES string of the molecule is CCOc1ccc(CN2CCN(c3cnccn3)CC2)o1. The van der Waals surface area contributed by atoms with Gasteiger partial charge in [-0.1, -0.05) is 0 Å². The normalized spacial score (nSPS) is 16.1. The average Bonchev–Trinajstić information content (AvgIpc) is 2.97. The topological polar surface area (TPSA) is 54.6 Å². The molecule has 112 valence electrons. The molecule has 1 aliphatic rings. The summed E-state index contributed by atoms with van der Waals surface area (Å²) < 4.78 is 11.0. The van der Waals surface area contributed by atoms with Crippen LogP contribution in [0.25, 0.3) is 0 Å². The lowest BCUT2D eigenvalue weighted by atomic mass is 10.3. The first-order valence-corrected chi connectivity index (χ1v) is 7.30. The predicted molar refractivity (Wildman–Crippen MR) is 79.4 cm³/mol. The Bertz CT molecular complexity index is 550. The maximum absolute atomic E-state index is 5.64. The Balaban J connectivity index is 1.51. The van der Waals surface area contributed by atoms with Crippen LogP contribution in [0.5, 0.6) is 5.95 Å². The van der Waals surface area contributed by atoms with E-state index >= 15 is 0 Å². The molecular formula is C15H20N4O2. The molecule has 0 N–H and O–H groups in total. The van der Waals surface area contributed by atoms with Gasteiger partial charge in [0, 0.05) is 44.6 Å². The summed E-state index contributed by atoms with van der Waals surface area (Å²) in [5.41, 5.74) is 0. The molecule has 0 bridgehead atoms. The number of ether oxygens (including phenoxy) is 1. The van der Waals surface area contributed by atoms with Gasteiger partial charge in [-0.2, -0.15) is 0 Å². The molecule has 0 atom stereocenters. The zero-order chi connectivity index (χ0) is 14.5. The summed E-state index contributed by atoms with van der Waals surface area (Å²) in [5.74, 6) is 2.51. The highest BCUT2D eigenvalue weighted by Gasteiger charge is 2.19.